The van der Waals surface area contributed by atoms with Crippen molar-refractivity contribution in [3.63, 3.8) is 0 Å². The Morgan fingerprint density at radius 2 is 1.68 bits per heavy atom. The molecule has 0 aliphatic carbocycles. The fourth-order valence-electron chi connectivity index (χ4n) is 4.38. The van der Waals surface area contributed by atoms with Crippen LogP contribution in [0.15, 0.2) is 89.9 Å². The maximum atomic E-state index is 13.4. The lowest BCUT2D eigenvalue weighted by molar-refractivity contribution is -0.131. The van der Waals surface area contributed by atoms with Crippen LogP contribution in [0, 0.1) is 0 Å². The van der Waals surface area contributed by atoms with Crippen molar-refractivity contribution in [3.8, 4) is 39.8 Å². The van der Waals surface area contributed by atoms with Gasteiger partial charge in [0.2, 0.25) is 4.96 Å². The predicted octanol–water partition coefficient (Wildman–Crippen LogP) is 4.93. The molecule has 0 N–H and O–H groups in total. The van der Waals surface area contributed by atoms with E-state index in [1.165, 1.54) is 22.8 Å². The number of carbonyl (C=O) groups excluding carboxylic acids is 1. The summed E-state index contributed by atoms with van der Waals surface area (Å²) >= 11 is 1.23. The summed E-state index contributed by atoms with van der Waals surface area (Å²) in [6, 6.07) is 24.5. The van der Waals surface area contributed by atoms with Crippen molar-refractivity contribution in [2.24, 2.45) is 0 Å². The molecule has 0 aliphatic rings. The van der Waals surface area contributed by atoms with E-state index in [4.69, 9.17) is 14.6 Å². The third-order valence-corrected chi connectivity index (χ3v) is 7.07. The van der Waals surface area contributed by atoms with Crippen molar-refractivity contribution < 1.29 is 14.3 Å². The second kappa shape index (κ2) is 10.8. The first kappa shape index (κ1) is 26.1. The molecule has 6 aromatic rings. The molecule has 0 fully saturated rings. The summed E-state index contributed by atoms with van der Waals surface area (Å²) in [6.45, 7) is 5.30. The van der Waals surface area contributed by atoms with Crippen LogP contribution in [0.5, 0.6) is 11.5 Å². The predicted molar refractivity (Wildman–Crippen MR) is 157 cm³/mol. The molecule has 0 spiro atoms. The minimum atomic E-state index is -0.450. The second-order valence-corrected chi connectivity index (χ2v) is 10.5. The molecule has 0 atom stereocenters. The van der Waals surface area contributed by atoms with Gasteiger partial charge in [0.25, 0.3) is 5.56 Å². The van der Waals surface area contributed by atoms with Gasteiger partial charge in [-0.1, -0.05) is 41.7 Å². The average molecular weight is 564 g/mol. The Bertz CT molecular complexity index is 1970. The number of carbonyl (C=O) groups is 1. The summed E-state index contributed by atoms with van der Waals surface area (Å²) in [5, 5.41) is 9.30. The molecule has 3 heterocycles. The van der Waals surface area contributed by atoms with Gasteiger partial charge in [-0.3, -0.25) is 9.59 Å². The van der Waals surface area contributed by atoms with Crippen molar-refractivity contribution in [1.29, 1.82) is 0 Å². The van der Waals surface area contributed by atoms with E-state index < -0.39 is 5.97 Å². The van der Waals surface area contributed by atoms with Crippen LogP contribution in [0.1, 0.15) is 26.3 Å². The number of hydrogen-bond donors (Lipinski definition) is 0. The highest BCUT2D eigenvalue weighted by atomic mass is 32.1. The molecule has 10 heteroatoms. The first-order chi connectivity index (χ1) is 19.9. The number of rotatable bonds is 7. The van der Waals surface area contributed by atoms with E-state index in [-0.39, 0.29) is 11.7 Å². The average Bonchev–Trinajstić information content (AvgIpc) is 3.64. The number of nitrogens with zero attached hydrogens (tertiary/aromatic N) is 5. The van der Waals surface area contributed by atoms with Gasteiger partial charge >= 0.3 is 5.97 Å². The maximum absolute atomic E-state index is 13.4. The Kier molecular flexibility index (Phi) is 6.90. The molecular formula is C31H25N5O4S. The minimum Gasteiger partial charge on any atom is -0.491 e. The molecule has 0 aliphatic heterocycles. The lowest BCUT2D eigenvalue weighted by atomic mass is 10.1. The zero-order valence-electron chi connectivity index (χ0n) is 22.5. The molecule has 0 radical (unpaired) electrons. The van der Waals surface area contributed by atoms with Gasteiger partial charge in [0.1, 0.15) is 17.2 Å². The summed E-state index contributed by atoms with van der Waals surface area (Å²) < 4.78 is 14.6. The zero-order chi connectivity index (χ0) is 28.5. The van der Waals surface area contributed by atoms with Gasteiger partial charge in [-0.05, 0) is 68.5 Å². The molecule has 0 unspecified atom stereocenters. The molecule has 6 rings (SSSR count). The Hall–Kier alpha value is -5.09. The zero-order valence-corrected chi connectivity index (χ0v) is 23.3. The summed E-state index contributed by atoms with van der Waals surface area (Å²) in [5.74, 6) is 0.961. The molecule has 204 valence electrons. The second-order valence-electron chi connectivity index (χ2n) is 9.54. The van der Waals surface area contributed by atoms with E-state index in [0.29, 0.717) is 26.6 Å². The van der Waals surface area contributed by atoms with E-state index in [9.17, 15) is 9.59 Å². The fraction of sp³-hybridized carbons (Fsp3) is 0.129. The number of ether oxygens (including phenoxy) is 2. The van der Waals surface area contributed by atoms with Crippen LogP contribution in [-0.4, -0.2) is 36.5 Å². The Balaban J connectivity index is 1.43. The van der Waals surface area contributed by atoms with Crippen LogP contribution >= 0.6 is 11.3 Å². The van der Waals surface area contributed by atoms with Crippen molar-refractivity contribution in [2.45, 2.75) is 26.9 Å². The number of para-hydroxylation sites is 2. The van der Waals surface area contributed by atoms with Gasteiger partial charge in [0, 0.05) is 24.2 Å². The first-order valence-corrected chi connectivity index (χ1v) is 13.8. The summed E-state index contributed by atoms with van der Waals surface area (Å²) in [6.07, 6.45) is 3.79. The van der Waals surface area contributed by atoms with Crippen molar-refractivity contribution in [3.05, 3.63) is 106 Å². The normalized spacial score (nSPS) is 11.9. The fourth-order valence-corrected chi connectivity index (χ4v) is 5.28. The number of hydrogen-bond acceptors (Lipinski definition) is 8. The summed E-state index contributed by atoms with van der Waals surface area (Å²) in [4.78, 5) is 30.0. The van der Waals surface area contributed by atoms with Gasteiger partial charge in [-0.2, -0.15) is 14.6 Å². The highest BCUT2D eigenvalue weighted by Gasteiger charge is 2.17. The maximum Gasteiger partial charge on any atom is 0.308 e. The largest absolute Gasteiger partial charge is 0.491 e. The molecule has 0 saturated heterocycles. The third-order valence-electron chi connectivity index (χ3n) is 6.11. The monoisotopic (exact) mass is 563 g/mol. The van der Waals surface area contributed by atoms with Gasteiger partial charge in [-0.25, -0.2) is 4.68 Å². The molecule has 3 aromatic carbocycles. The number of benzene rings is 3. The Morgan fingerprint density at radius 1 is 0.951 bits per heavy atom. The van der Waals surface area contributed by atoms with Crippen LogP contribution in [-0.2, 0) is 4.79 Å². The van der Waals surface area contributed by atoms with Gasteiger partial charge in [0.05, 0.1) is 21.9 Å². The molecule has 0 amide bonds. The molecule has 0 saturated carbocycles. The molecular weight excluding hydrogens is 538 g/mol. The van der Waals surface area contributed by atoms with Crippen LogP contribution in [0.4, 0.5) is 0 Å². The summed E-state index contributed by atoms with van der Waals surface area (Å²) in [5.41, 5.74) is 3.51. The summed E-state index contributed by atoms with van der Waals surface area (Å²) in [7, 11) is 0. The highest BCUT2D eigenvalue weighted by molar-refractivity contribution is 7.15. The molecule has 9 nitrogen and oxygen atoms in total. The number of fused-ring (bicyclic) bond motifs is 1. The van der Waals surface area contributed by atoms with Crippen LogP contribution in [0.2, 0.25) is 0 Å². The molecule has 3 aromatic heterocycles. The quantitative estimate of drug-likeness (QED) is 0.201. The van der Waals surface area contributed by atoms with Gasteiger partial charge in [-0.15, -0.1) is 5.10 Å². The minimum absolute atomic E-state index is 0.0690. The Morgan fingerprint density at radius 3 is 2.39 bits per heavy atom. The lowest BCUT2D eigenvalue weighted by Crippen LogP contribution is -2.23. The van der Waals surface area contributed by atoms with Crippen LogP contribution < -0.4 is 19.6 Å². The van der Waals surface area contributed by atoms with E-state index in [2.05, 4.69) is 10.1 Å². The number of thiazole rings is 1. The standard InChI is InChI=1S/C31H25N5O4S/c1-19(2)39-24-15-13-21(14-16-24)28-22(18-35(33-28)23-9-5-4-6-10-23)17-27-30(38)36-31(41-27)32-29(34-36)25-11-7-8-12-26(25)40-20(3)37/h4-19H,1-3H3/b27-17+. The number of esters is 1. The Labute approximate surface area is 238 Å². The topological polar surface area (TPSA) is 101 Å². The smallest absolute Gasteiger partial charge is 0.308 e. The van der Waals surface area contributed by atoms with Crippen LogP contribution in [0.25, 0.3) is 39.4 Å². The van der Waals surface area contributed by atoms with E-state index in [1.807, 2.05) is 80.7 Å². The van der Waals surface area contributed by atoms with Gasteiger partial charge in [0.15, 0.2) is 5.82 Å². The lowest BCUT2D eigenvalue weighted by Gasteiger charge is -2.09. The highest BCUT2D eigenvalue weighted by Crippen LogP contribution is 2.29. The van der Waals surface area contributed by atoms with E-state index in [0.717, 1.165) is 28.3 Å². The van der Waals surface area contributed by atoms with E-state index in [1.54, 1.807) is 28.9 Å². The van der Waals surface area contributed by atoms with Crippen LogP contribution in [0.3, 0.4) is 0 Å². The molecule has 0 bridgehead atoms. The molecule has 41 heavy (non-hydrogen) atoms. The first-order valence-electron chi connectivity index (χ1n) is 13.0. The van der Waals surface area contributed by atoms with Crippen molar-refractivity contribution in [2.75, 3.05) is 0 Å². The number of aromatic nitrogens is 5. The SMILES string of the molecule is CC(=O)Oc1ccccc1-c1nc2s/c(=C/c3cn(-c4ccccc4)nc3-c3ccc(OC(C)C)cc3)c(=O)n2n1. The van der Waals surface area contributed by atoms with E-state index >= 15 is 0 Å². The van der Waals surface area contributed by atoms with Crippen molar-refractivity contribution >= 4 is 28.3 Å². The van der Waals surface area contributed by atoms with Crippen molar-refractivity contribution in [1.82, 2.24) is 24.4 Å². The van der Waals surface area contributed by atoms with Gasteiger partial charge < -0.3 is 9.47 Å². The third kappa shape index (κ3) is 5.37.